The lowest BCUT2D eigenvalue weighted by Crippen LogP contribution is -2.43. The summed E-state index contributed by atoms with van der Waals surface area (Å²) >= 11 is 0. The van der Waals surface area contributed by atoms with Gasteiger partial charge in [0.25, 0.3) is 0 Å². The van der Waals surface area contributed by atoms with Crippen molar-refractivity contribution in [3.05, 3.63) is 0 Å². The van der Waals surface area contributed by atoms with Gasteiger partial charge < -0.3 is 26.2 Å². The molecule has 12 heteroatoms. The Hall–Kier alpha value is -2.73. The van der Waals surface area contributed by atoms with Crippen molar-refractivity contribution in [3.63, 3.8) is 0 Å². The van der Waals surface area contributed by atoms with Gasteiger partial charge >= 0.3 is 23.9 Å². The fraction of sp³-hybridized carbons (Fsp3) is 0.545. The van der Waals surface area contributed by atoms with Gasteiger partial charge in [0.15, 0.2) is 0 Å². The van der Waals surface area contributed by atoms with E-state index in [4.69, 9.17) is 25.2 Å². The van der Waals surface area contributed by atoms with Crippen molar-refractivity contribution in [2.24, 2.45) is 5.73 Å². The first-order chi connectivity index (χ1) is 10.6. The molecule has 132 valence electrons. The Kier molecular flexibility index (Phi) is 12.7. The number of nitrogens with zero attached hydrogens (tertiary/aromatic N) is 2. The number of rotatable bonds is 11. The lowest BCUT2D eigenvalue weighted by atomic mass is 10.4. The number of amides is 1. The molecule has 0 aromatic carbocycles. The van der Waals surface area contributed by atoms with Gasteiger partial charge in [-0.15, -0.1) is 0 Å². The van der Waals surface area contributed by atoms with Crippen LogP contribution in [0.25, 0.3) is 0 Å². The van der Waals surface area contributed by atoms with Crippen LogP contribution in [-0.4, -0.2) is 99.8 Å². The molecule has 23 heavy (non-hydrogen) atoms. The first kappa shape index (κ1) is 22.5. The summed E-state index contributed by atoms with van der Waals surface area (Å²) in [6.07, 6.45) is 0.250. The van der Waals surface area contributed by atoms with E-state index < -0.39 is 50.1 Å². The molecule has 0 radical (unpaired) electrons. The van der Waals surface area contributed by atoms with E-state index in [0.717, 1.165) is 9.80 Å². The van der Waals surface area contributed by atoms with Gasteiger partial charge in [0.05, 0.1) is 26.2 Å². The number of carboxylic acids is 4. The zero-order chi connectivity index (χ0) is 18.4. The van der Waals surface area contributed by atoms with Gasteiger partial charge in [-0.2, -0.15) is 0 Å². The van der Waals surface area contributed by atoms with Crippen LogP contribution in [0.1, 0.15) is 0 Å². The Morgan fingerprint density at radius 3 is 1.00 bits per heavy atom. The number of nitrogens with two attached hydrogens (primary N) is 1. The molecule has 0 bridgehead atoms. The molecule has 0 aliphatic carbocycles. The van der Waals surface area contributed by atoms with Crippen LogP contribution < -0.4 is 5.73 Å². The number of carboxylic acid groups (broad SMARTS) is 4. The molecule has 0 spiro atoms. The third kappa shape index (κ3) is 17.2. The predicted molar refractivity (Wildman–Crippen MR) is 73.7 cm³/mol. The molecular weight excluding hydrogens is 318 g/mol. The van der Waals surface area contributed by atoms with E-state index >= 15 is 0 Å². The Morgan fingerprint density at radius 1 is 0.696 bits per heavy atom. The van der Waals surface area contributed by atoms with Gasteiger partial charge in [-0.05, 0) is 0 Å². The summed E-state index contributed by atoms with van der Waals surface area (Å²) in [5, 5.41) is 34.5. The van der Waals surface area contributed by atoms with Crippen LogP contribution in [0.15, 0.2) is 0 Å². The first-order valence-electron chi connectivity index (χ1n) is 6.09. The molecule has 0 heterocycles. The topological polar surface area (TPSA) is 199 Å². The monoisotopic (exact) mass is 337 g/mol. The molecule has 0 atom stereocenters. The summed E-state index contributed by atoms with van der Waals surface area (Å²) in [5.74, 6) is -4.91. The molecular formula is C11H19N3O9. The quantitative estimate of drug-likeness (QED) is 0.241. The van der Waals surface area contributed by atoms with Crippen molar-refractivity contribution in [1.82, 2.24) is 9.80 Å². The number of primary amides is 1. The highest BCUT2D eigenvalue weighted by atomic mass is 16.4. The van der Waals surface area contributed by atoms with Gasteiger partial charge in [0.1, 0.15) is 0 Å². The highest BCUT2D eigenvalue weighted by molar-refractivity contribution is 5.73. The average molecular weight is 337 g/mol. The lowest BCUT2D eigenvalue weighted by Gasteiger charge is -2.23. The van der Waals surface area contributed by atoms with E-state index in [-0.39, 0.29) is 19.5 Å². The molecule has 0 saturated carbocycles. The number of carbonyl (C=O) groups excluding carboxylic acids is 1. The number of aliphatic carboxylic acids is 4. The molecule has 0 aliphatic rings. The number of hydrogen-bond acceptors (Lipinski definition) is 7. The van der Waals surface area contributed by atoms with Gasteiger partial charge in [-0.3, -0.25) is 33.8 Å². The Balaban J connectivity index is 0. The average Bonchev–Trinajstić information content (AvgIpc) is 2.33. The molecule has 0 aliphatic heterocycles. The molecule has 0 fully saturated rings. The second-order valence-electron chi connectivity index (χ2n) is 4.13. The van der Waals surface area contributed by atoms with Crippen molar-refractivity contribution < 1.29 is 44.4 Å². The summed E-state index contributed by atoms with van der Waals surface area (Å²) < 4.78 is 0. The Bertz CT molecular complexity index is 359. The van der Waals surface area contributed by atoms with E-state index in [1.165, 1.54) is 0 Å². The van der Waals surface area contributed by atoms with E-state index in [2.05, 4.69) is 5.73 Å². The van der Waals surface area contributed by atoms with E-state index in [1.807, 2.05) is 0 Å². The Morgan fingerprint density at radius 2 is 0.870 bits per heavy atom. The van der Waals surface area contributed by atoms with Gasteiger partial charge in [0, 0.05) is 13.1 Å². The van der Waals surface area contributed by atoms with Crippen LogP contribution in [0.2, 0.25) is 0 Å². The van der Waals surface area contributed by atoms with Crippen molar-refractivity contribution >= 4 is 30.3 Å². The van der Waals surface area contributed by atoms with Crippen molar-refractivity contribution in [1.29, 1.82) is 0 Å². The fourth-order valence-corrected chi connectivity index (χ4v) is 1.48. The molecule has 0 saturated heterocycles. The van der Waals surface area contributed by atoms with E-state index in [9.17, 15) is 19.2 Å². The Labute approximate surface area is 130 Å². The minimum atomic E-state index is -1.23. The van der Waals surface area contributed by atoms with Gasteiger partial charge in [0.2, 0.25) is 6.41 Å². The maximum absolute atomic E-state index is 10.6. The molecule has 1 amide bonds. The first-order valence-corrected chi connectivity index (χ1v) is 6.09. The summed E-state index contributed by atoms with van der Waals surface area (Å²) in [5.41, 5.74) is 4.17. The minimum absolute atomic E-state index is 0.0703. The molecule has 0 aromatic rings. The van der Waals surface area contributed by atoms with Crippen LogP contribution in [0.3, 0.4) is 0 Å². The summed E-state index contributed by atoms with van der Waals surface area (Å²) in [6, 6.07) is 0. The van der Waals surface area contributed by atoms with E-state index in [0.29, 0.717) is 0 Å². The second kappa shape index (κ2) is 13.0. The SMILES string of the molecule is NC=O.O=C(O)CN(CCN(CC(=O)O)CC(=O)O)CC(=O)O. The summed E-state index contributed by atoms with van der Waals surface area (Å²) in [4.78, 5) is 52.9. The zero-order valence-electron chi connectivity index (χ0n) is 12.1. The minimum Gasteiger partial charge on any atom is -0.480 e. The van der Waals surface area contributed by atoms with Crippen molar-refractivity contribution in [2.75, 3.05) is 39.3 Å². The normalized spacial score (nSPS) is 9.83. The predicted octanol–water partition coefficient (Wildman–Crippen LogP) is -2.97. The van der Waals surface area contributed by atoms with Crippen molar-refractivity contribution in [2.45, 2.75) is 0 Å². The van der Waals surface area contributed by atoms with Crippen molar-refractivity contribution in [3.8, 4) is 0 Å². The maximum Gasteiger partial charge on any atom is 0.317 e. The highest BCUT2D eigenvalue weighted by Crippen LogP contribution is 1.94. The maximum atomic E-state index is 10.6. The molecule has 0 unspecified atom stereocenters. The summed E-state index contributed by atoms with van der Waals surface area (Å²) in [7, 11) is 0. The fourth-order valence-electron chi connectivity index (χ4n) is 1.48. The van der Waals surface area contributed by atoms with Crippen LogP contribution >= 0.6 is 0 Å². The number of hydrogen-bond donors (Lipinski definition) is 5. The lowest BCUT2D eigenvalue weighted by molar-refractivity contribution is -0.145. The van der Waals surface area contributed by atoms with E-state index in [1.54, 1.807) is 0 Å². The van der Waals surface area contributed by atoms with Crippen LogP contribution in [-0.2, 0) is 24.0 Å². The largest absolute Gasteiger partial charge is 0.480 e. The molecule has 0 rings (SSSR count). The highest BCUT2D eigenvalue weighted by Gasteiger charge is 2.17. The van der Waals surface area contributed by atoms with Crippen LogP contribution in [0.5, 0.6) is 0 Å². The van der Waals surface area contributed by atoms with Crippen LogP contribution in [0.4, 0.5) is 0 Å². The van der Waals surface area contributed by atoms with Gasteiger partial charge in [-0.25, -0.2) is 0 Å². The smallest absolute Gasteiger partial charge is 0.317 e. The molecule has 0 aromatic heterocycles. The zero-order valence-corrected chi connectivity index (χ0v) is 12.1. The number of carbonyl (C=O) groups is 5. The van der Waals surface area contributed by atoms with Gasteiger partial charge in [-0.1, -0.05) is 0 Å². The van der Waals surface area contributed by atoms with Crippen LogP contribution in [0, 0.1) is 0 Å². The third-order valence-corrected chi connectivity index (χ3v) is 2.17. The summed E-state index contributed by atoms with van der Waals surface area (Å²) in [6.45, 7) is -2.25. The standard InChI is InChI=1S/C10H16N2O8.CH3NO/c13-7(14)3-11(4-8(15)16)1-2-12(5-9(17)18)6-10(19)20;2-1-3/h1-6H2,(H,13,14)(H,15,16)(H,17,18)(H,19,20);1H,(H2,2,3). The molecule has 12 nitrogen and oxygen atoms in total. The molecule has 6 N–H and O–H groups in total. The second-order valence-corrected chi connectivity index (χ2v) is 4.13. The third-order valence-electron chi connectivity index (χ3n) is 2.17.